The second-order valence-corrected chi connectivity index (χ2v) is 5.43. The molecule has 0 unspecified atom stereocenters. The highest BCUT2D eigenvalue weighted by molar-refractivity contribution is 6.02. The molecular formula is C18H12F4N4O. The van der Waals surface area contributed by atoms with E-state index < -0.39 is 23.5 Å². The quantitative estimate of drug-likeness (QED) is 0.652. The fourth-order valence-corrected chi connectivity index (χ4v) is 2.21. The molecule has 1 amide bonds. The molecule has 3 rings (SSSR count). The molecule has 0 atom stereocenters. The van der Waals surface area contributed by atoms with Crippen molar-refractivity contribution in [3.63, 3.8) is 0 Å². The monoisotopic (exact) mass is 376 g/mol. The minimum Gasteiger partial charge on any atom is -0.324 e. The van der Waals surface area contributed by atoms with Gasteiger partial charge in [0.15, 0.2) is 0 Å². The third-order valence-corrected chi connectivity index (χ3v) is 3.42. The van der Waals surface area contributed by atoms with Gasteiger partial charge in [0, 0.05) is 17.6 Å². The Bertz CT molecular complexity index is 975. The van der Waals surface area contributed by atoms with Crippen molar-refractivity contribution in [3.05, 3.63) is 77.9 Å². The van der Waals surface area contributed by atoms with E-state index in [4.69, 9.17) is 0 Å². The molecule has 1 aromatic heterocycles. The number of hydrogen-bond donors (Lipinski definition) is 2. The summed E-state index contributed by atoms with van der Waals surface area (Å²) in [6.45, 7) is 0. The van der Waals surface area contributed by atoms with Crippen LogP contribution in [0.5, 0.6) is 0 Å². The summed E-state index contributed by atoms with van der Waals surface area (Å²) in [6.07, 6.45) is -3.20. The molecule has 0 saturated heterocycles. The number of halogens is 4. The van der Waals surface area contributed by atoms with Crippen LogP contribution in [0.4, 0.5) is 34.9 Å². The molecule has 27 heavy (non-hydrogen) atoms. The summed E-state index contributed by atoms with van der Waals surface area (Å²) in [6, 6.07) is 11.1. The lowest BCUT2D eigenvalue weighted by Gasteiger charge is -2.10. The summed E-state index contributed by atoms with van der Waals surface area (Å²) < 4.78 is 51.5. The minimum absolute atomic E-state index is 0.0382. The van der Waals surface area contributed by atoms with E-state index in [1.54, 1.807) is 0 Å². The van der Waals surface area contributed by atoms with Crippen LogP contribution in [0.25, 0.3) is 0 Å². The van der Waals surface area contributed by atoms with E-state index >= 15 is 0 Å². The Morgan fingerprint density at radius 1 is 0.963 bits per heavy atom. The molecule has 2 aromatic carbocycles. The average Bonchev–Trinajstić information content (AvgIpc) is 2.61. The van der Waals surface area contributed by atoms with E-state index in [1.165, 1.54) is 42.6 Å². The number of alkyl halides is 3. The van der Waals surface area contributed by atoms with Crippen molar-refractivity contribution in [1.82, 2.24) is 9.97 Å². The molecule has 0 aliphatic rings. The molecule has 0 aliphatic carbocycles. The third kappa shape index (κ3) is 4.78. The summed E-state index contributed by atoms with van der Waals surface area (Å²) in [4.78, 5) is 20.1. The summed E-state index contributed by atoms with van der Waals surface area (Å²) in [5.41, 5.74) is -0.505. The predicted molar refractivity (Wildman–Crippen MR) is 91.1 cm³/mol. The van der Waals surface area contributed by atoms with Crippen LogP contribution in [-0.4, -0.2) is 15.9 Å². The molecular weight excluding hydrogens is 364 g/mol. The number of benzene rings is 2. The predicted octanol–water partition coefficient (Wildman–Crippen LogP) is 4.63. The van der Waals surface area contributed by atoms with Gasteiger partial charge in [-0.25, -0.2) is 14.4 Å². The number of nitrogens with one attached hydrogen (secondary N) is 2. The second kappa shape index (κ2) is 7.40. The molecule has 0 radical (unpaired) electrons. The normalized spacial score (nSPS) is 11.1. The average molecular weight is 376 g/mol. The molecule has 9 heteroatoms. The third-order valence-electron chi connectivity index (χ3n) is 3.42. The summed E-state index contributed by atoms with van der Waals surface area (Å²) >= 11 is 0. The molecule has 3 aromatic rings. The van der Waals surface area contributed by atoms with Gasteiger partial charge in [-0.3, -0.25) is 4.79 Å². The molecule has 2 N–H and O–H groups in total. The molecule has 0 fully saturated rings. The van der Waals surface area contributed by atoms with Gasteiger partial charge >= 0.3 is 6.18 Å². The van der Waals surface area contributed by atoms with E-state index in [1.807, 2.05) is 0 Å². The highest BCUT2D eigenvalue weighted by Crippen LogP contribution is 2.31. The van der Waals surface area contributed by atoms with Crippen LogP contribution in [0.2, 0.25) is 0 Å². The van der Waals surface area contributed by atoms with Gasteiger partial charge in [-0.15, -0.1) is 0 Å². The van der Waals surface area contributed by atoms with Crippen LogP contribution in [0.1, 0.15) is 16.1 Å². The summed E-state index contributed by atoms with van der Waals surface area (Å²) in [7, 11) is 0. The van der Waals surface area contributed by atoms with Gasteiger partial charge in [-0.05, 0) is 42.5 Å². The number of anilines is 3. The Balaban J connectivity index is 1.77. The Kier molecular flexibility index (Phi) is 5.02. The number of hydrogen-bond acceptors (Lipinski definition) is 4. The van der Waals surface area contributed by atoms with Gasteiger partial charge in [0.1, 0.15) is 11.5 Å². The lowest BCUT2D eigenvalue weighted by Crippen LogP contribution is -2.15. The zero-order chi connectivity index (χ0) is 19.4. The van der Waals surface area contributed by atoms with Crippen molar-refractivity contribution in [3.8, 4) is 0 Å². The molecule has 0 spiro atoms. The Labute approximate surface area is 151 Å². The number of rotatable bonds is 4. The first-order valence-corrected chi connectivity index (χ1v) is 7.65. The van der Waals surface area contributed by atoms with Crippen LogP contribution in [0.15, 0.2) is 60.8 Å². The number of aromatic nitrogens is 2. The lowest BCUT2D eigenvalue weighted by molar-refractivity contribution is -0.137. The van der Waals surface area contributed by atoms with Crippen LogP contribution >= 0.6 is 0 Å². The van der Waals surface area contributed by atoms with E-state index in [9.17, 15) is 22.4 Å². The van der Waals surface area contributed by atoms with Crippen LogP contribution in [0, 0.1) is 5.82 Å². The van der Waals surface area contributed by atoms with Crippen molar-refractivity contribution < 1.29 is 22.4 Å². The SMILES string of the molecule is O=C(Nc1cccc(F)c1)c1ccnc(Nc2cccc(C(F)(F)F)c2)n1. The van der Waals surface area contributed by atoms with Crippen molar-refractivity contribution >= 4 is 23.2 Å². The maximum Gasteiger partial charge on any atom is 0.416 e. The smallest absolute Gasteiger partial charge is 0.324 e. The van der Waals surface area contributed by atoms with E-state index in [0.717, 1.165) is 18.2 Å². The largest absolute Gasteiger partial charge is 0.416 e. The number of carbonyl (C=O) groups is 1. The maximum atomic E-state index is 13.2. The minimum atomic E-state index is -4.48. The molecule has 5 nitrogen and oxygen atoms in total. The van der Waals surface area contributed by atoms with Gasteiger partial charge in [0.05, 0.1) is 5.56 Å². The van der Waals surface area contributed by atoms with Crippen molar-refractivity contribution in [1.29, 1.82) is 0 Å². The zero-order valence-corrected chi connectivity index (χ0v) is 13.6. The van der Waals surface area contributed by atoms with Crippen LogP contribution in [-0.2, 0) is 6.18 Å². The summed E-state index contributed by atoms with van der Waals surface area (Å²) in [5, 5.41) is 5.10. The van der Waals surface area contributed by atoms with Gasteiger partial charge in [0.2, 0.25) is 5.95 Å². The van der Waals surface area contributed by atoms with E-state index in [-0.39, 0.29) is 23.0 Å². The molecule has 0 saturated carbocycles. The first-order valence-electron chi connectivity index (χ1n) is 7.65. The number of amides is 1. The van der Waals surface area contributed by atoms with Gasteiger partial charge in [-0.1, -0.05) is 12.1 Å². The van der Waals surface area contributed by atoms with Gasteiger partial charge < -0.3 is 10.6 Å². The Hall–Kier alpha value is -3.49. The van der Waals surface area contributed by atoms with E-state index in [0.29, 0.717) is 0 Å². The summed E-state index contributed by atoms with van der Waals surface area (Å²) in [5.74, 6) is -1.18. The fraction of sp³-hybridized carbons (Fsp3) is 0.0556. The first-order chi connectivity index (χ1) is 12.8. The first kappa shape index (κ1) is 18.3. The number of carbonyl (C=O) groups excluding carboxylic acids is 1. The van der Waals surface area contributed by atoms with E-state index in [2.05, 4.69) is 20.6 Å². The highest BCUT2D eigenvalue weighted by Gasteiger charge is 2.30. The van der Waals surface area contributed by atoms with Gasteiger partial charge in [0.25, 0.3) is 5.91 Å². The maximum absolute atomic E-state index is 13.2. The van der Waals surface area contributed by atoms with Crippen molar-refractivity contribution in [2.45, 2.75) is 6.18 Å². The standard InChI is InChI=1S/C18H12F4N4O/c19-12-4-2-6-14(10-12)24-16(27)15-7-8-23-17(26-15)25-13-5-1-3-11(9-13)18(20,21)22/h1-10H,(H,24,27)(H,23,25,26). The zero-order valence-electron chi connectivity index (χ0n) is 13.6. The Morgan fingerprint density at radius 2 is 1.70 bits per heavy atom. The van der Waals surface area contributed by atoms with Crippen LogP contribution < -0.4 is 10.6 Å². The van der Waals surface area contributed by atoms with Crippen molar-refractivity contribution in [2.75, 3.05) is 10.6 Å². The topological polar surface area (TPSA) is 66.9 Å². The highest BCUT2D eigenvalue weighted by atomic mass is 19.4. The molecule has 138 valence electrons. The Morgan fingerprint density at radius 3 is 2.44 bits per heavy atom. The molecule has 1 heterocycles. The molecule has 0 bridgehead atoms. The fourth-order valence-electron chi connectivity index (χ4n) is 2.21. The second-order valence-electron chi connectivity index (χ2n) is 5.43. The number of nitrogens with zero attached hydrogens (tertiary/aromatic N) is 2. The van der Waals surface area contributed by atoms with Crippen LogP contribution in [0.3, 0.4) is 0 Å². The lowest BCUT2D eigenvalue weighted by atomic mass is 10.2. The molecule has 0 aliphatic heterocycles. The van der Waals surface area contributed by atoms with Gasteiger partial charge in [-0.2, -0.15) is 13.2 Å². The van der Waals surface area contributed by atoms with Crippen molar-refractivity contribution in [2.24, 2.45) is 0 Å².